The second-order valence-corrected chi connectivity index (χ2v) is 2.33. The van der Waals surface area contributed by atoms with Gasteiger partial charge < -0.3 is 0 Å². The Labute approximate surface area is 68.7 Å². The van der Waals surface area contributed by atoms with Gasteiger partial charge >= 0.3 is 0 Å². The molecule has 0 amide bonds. The molecular weight excluding hydrogens is 131 g/mol. The summed E-state index contributed by atoms with van der Waals surface area (Å²) in [7, 11) is 2.01. The van der Waals surface area contributed by atoms with Crippen molar-refractivity contribution in [3.05, 3.63) is 47.9 Å². The Balaban J connectivity index is 3.11. The first-order valence-corrected chi connectivity index (χ1v) is 3.72. The number of benzene rings is 1. The normalized spacial score (nSPS) is 10.2. The Morgan fingerprint density at radius 2 is 1.82 bits per heavy atom. The third-order valence-electron chi connectivity index (χ3n) is 1.56. The summed E-state index contributed by atoms with van der Waals surface area (Å²) in [5.74, 6) is 2.03. The van der Waals surface area contributed by atoms with Crippen LogP contribution in [0.4, 0.5) is 0 Å². The fourth-order valence-corrected chi connectivity index (χ4v) is 1.03. The van der Waals surface area contributed by atoms with E-state index in [0.717, 1.165) is 0 Å². The van der Waals surface area contributed by atoms with E-state index in [4.69, 9.17) is 0 Å². The molecule has 0 saturated carbocycles. The predicted molar refractivity (Wildman–Crippen MR) is 54.1 cm³/mol. The van der Waals surface area contributed by atoms with E-state index in [1.165, 1.54) is 11.1 Å². The van der Waals surface area contributed by atoms with E-state index in [0.29, 0.717) is 0 Å². The van der Waals surface area contributed by atoms with Crippen molar-refractivity contribution in [2.45, 2.75) is 0 Å². The molecule has 11 heavy (non-hydrogen) atoms. The molecule has 0 saturated heterocycles. The van der Waals surface area contributed by atoms with Crippen molar-refractivity contribution in [2.75, 3.05) is 0 Å². The Morgan fingerprint density at radius 3 is 2.36 bits per heavy atom. The molecule has 0 unspecified atom stereocenters. The minimum Gasteiger partial charge on any atom is -0.123 e. The van der Waals surface area contributed by atoms with Crippen molar-refractivity contribution in [1.82, 2.24) is 0 Å². The first-order valence-electron chi connectivity index (χ1n) is 3.72. The van der Waals surface area contributed by atoms with Crippen molar-refractivity contribution in [3.8, 4) is 0 Å². The van der Waals surface area contributed by atoms with Crippen LogP contribution in [-0.4, -0.2) is 7.85 Å². The molecule has 0 aliphatic rings. The summed E-state index contributed by atoms with van der Waals surface area (Å²) in [6, 6.07) is 8.19. The van der Waals surface area contributed by atoms with Gasteiger partial charge in [0.2, 0.25) is 0 Å². The topological polar surface area (TPSA) is 0 Å². The molecule has 1 rings (SSSR count). The Kier molecular flexibility index (Phi) is 2.73. The summed E-state index contributed by atoms with van der Waals surface area (Å²) in [4.78, 5) is 0. The van der Waals surface area contributed by atoms with Gasteiger partial charge in [0.1, 0.15) is 7.85 Å². The van der Waals surface area contributed by atoms with Gasteiger partial charge in [-0.05, 0) is 11.1 Å². The van der Waals surface area contributed by atoms with Gasteiger partial charge in [0, 0.05) is 0 Å². The molecule has 0 aliphatic heterocycles. The molecule has 0 radical (unpaired) electrons. The molecule has 0 heterocycles. The van der Waals surface area contributed by atoms with Crippen molar-refractivity contribution in [3.63, 3.8) is 0 Å². The van der Waals surface area contributed by atoms with Gasteiger partial charge in [-0.15, -0.1) is 5.98 Å². The molecule has 0 fully saturated rings. The van der Waals surface area contributed by atoms with Gasteiger partial charge in [-0.25, -0.2) is 0 Å². The third kappa shape index (κ3) is 1.84. The number of hydrogen-bond donors (Lipinski definition) is 0. The Hall–Kier alpha value is -1.24. The van der Waals surface area contributed by atoms with Crippen LogP contribution in [0.5, 0.6) is 0 Å². The van der Waals surface area contributed by atoms with Crippen LogP contribution in [0.3, 0.4) is 0 Å². The number of rotatable bonds is 2. The van der Waals surface area contributed by atoms with E-state index in [1.54, 1.807) is 0 Å². The van der Waals surface area contributed by atoms with Crippen molar-refractivity contribution in [1.29, 1.82) is 0 Å². The molecule has 1 aromatic rings. The maximum atomic E-state index is 3.74. The zero-order valence-electron chi connectivity index (χ0n) is 6.75. The standard InChI is InChI=1S/C10H11B/c1-2-9-5-3-4-6-10(9)7-8-11/h2-8H,1,11H2/b8-7+. The van der Waals surface area contributed by atoms with Crippen molar-refractivity contribution >= 4 is 20.0 Å². The SMILES string of the molecule is B/C=C/c1ccccc1C=C. The van der Waals surface area contributed by atoms with Crippen LogP contribution >= 0.6 is 0 Å². The van der Waals surface area contributed by atoms with Gasteiger partial charge in [0.05, 0.1) is 0 Å². The van der Waals surface area contributed by atoms with Crippen LogP contribution in [0, 0.1) is 0 Å². The molecule has 0 spiro atoms. The fourth-order valence-electron chi connectivity index (χ4n) is 1.03. The lowest BCUT2D eigenvalue weighted by Gasteiger charge is -1.97. The van der Waals surface area contributed by atoms with E-state index in [1.807, 2.05) is 32.0 Å². The summed E-state index contributed by atoms with van der Waals surface area (Å²) < 4.78 is 0. The molecule has 0 aromatic heterocycles. The quantitative estimate of drug-likeness (QED) is 0.553. The maximum absolute atomic E-state index is 3.74. The largest absolute Gasteiger partial charge is 0.129 e. The second-order valence-electron chi connectivity index (χ2n) is 2.33. The lowest BCUT2D eigenvalue weighted by molar-refractivity contribution is 1.62. The van der Waals surface area contributed by atoms with Crippen LogP contribution in [0.1, 0.15) is 11.1 Å². The minimum absolute atomic E-state index is 1.19. The van der Waals surface area contributed by atoms with E-state index >= 15 is 0 Å². The summed E-state index contributed by atoms with van der Waals surface area (Å²) in [5, 5.41) is 0. The summed E-state index contributed by atoms with van der Waals surface area (Å²) in [6.45, 7) is 3.74. The molecule has 0 N–H and O–H groups in total. The average molecular weight is 142 g/mol. The van der Waals surface area contributed by atoms with Gasteiger partial charge in [-0.3, -0.25) is 0 Å². The lowest BCUT2D eigenvalue weighted by atomic mass is 10.0. The van der Waals surface area contributed by atoms with E-state index < -0.39 is 0 Å². The van der Waals surface area contributed by atoms with Crippen LogP contribution in [-0.2, 0) is 0 Å². The molecular formula is C10H11B. The van der Waals surface area contributed by atoms with Crippen molar-refractivity contribution in [2.24, 2.45) is 0 Å². The van der Waals surface area contributed by atoms with Gasteiger partial charge in [0.15, 0.2) is 0 Å². The average Bonchev–Trinajstić information content (AvgIpc) is 2.06. The highest BCUT2D eigenvalue weighted by Gasteiger charge is 1.90. The highest BCUT2D eigenvalue weighted by atomic mass is 13.9. The molecule has 0 nitrogen and oxygen atoms in total. The molecule has 1 heteroatoms. The third-order valence-corrected chi connectivity index (χ3v) is 1.56. The molecule has 54 valence electrons. The van der Waals surface area contributed by atoms with Crippen LogP contribution in [0.2, 0.25) is 0 Å². The van der Waals surface area contributed by atoms with Crippen LogP contribution < -0.4 is 0 Å². The maximum Gasteiger partial charge on any atom is 0.129 e. The van der Waals surface area contributed by atoms with E-state index in [-0.39, 0.29) is 0 Å². The zero-order valence-corrected chi connectivity index (χ0v) is 6.75. The molecule has 0 atom stereocenters. The fraction of sp³-hybridized carbons (Fsp3) is 0. The second kappa shape index (κ2) is 3.82. The summed E-state index contributed by atoms with van der Waals surface area (Å²) >= 11 is 0. The zero-order chi connectivity index (χ0) is 8.10. The molecule has 0 bridgehead atoms. The highest BCUT2D eigenvalue weighted by molar-refractivity contribution is 6.19. The van der Waals surface area contributed by atoms with Crippen LogP contribution in [0.25, 0.3) is 12.2 Å². The molecule has 0 aliphatic carbocycles. The van der Waals surface area contributed by atoms with Crippen molar-refractivity contribution < 1.29 is 0 Å². The van der Waals surface area contributed by atoms with Crippen LogP contribution in [0.15, 0.2) is 36.8 Å². The van der Waals surface area contributed by atoms with Gasteiger partial charge in [-0.2, -0.15) is 0 Å². The first kappa shape index (κ1) is 7.87. The smallest absolute Gasteiger partial charge is 0.123 e. The monoisotopic (exact) mass is 142 g/mol. The summed E-state index contributed by atoms with van der Waals surface area (Å²) in [5.41, 5.74) is 2.41. The van der Waals surface area contributed by atoms with E-state index in [9.17, 15) is 0 Å². The molecule has 1 aromatic carbocycles. The van der Waals surface area contributed by atoms with E-state index in [2.05, 4.69) is 24.8 Å². The first-order chi connectivity index (χ1) is 5.38. The number of hydrogen-bond acceptors (Lipinski definition) is 0. The Bertz CT molecular complexity index is 274. The highest BCUT2D eigenvalue weighted by Crippen LogP contribution is 2.10. The van der Waals surface area contributed by atoms with Gasteiger partial charge in [-0.1, -0.05) is 43.0 Å². The summed E-state index contributed by atoms with van der Waals surface area (Å²) in [6.07, 6.45) is 3.95. The predicted octanol–water partition coefficient (Wildman–Crippen LogP) is 1.93. The minimum atomic E-state index is 1.19. The Morgan fingerprint density at radius 1 is 1.18 bits per heavy atom. The van der Waals surface area contributed by atoms with Gasteiger partial charge in [0.25, 0.3) is 0 Å². The lowest BCUT2D eigenvalue weighted by Crippen LogP contribution is -1.77.